The van der Waals surface area contributed by atoms with Crippen molar-refractivity contribution in [2.75, 3.05) is 6.61 Å². The maximum absolute atomic E-state index is 15.7. The largest absolute Gasteiger partial charge is 0.464 e. The lowest BCUT2D eigenvalue weighted by Crippen LogP contribution is -2.23. The topological polar surface area (TPSA) is 39.2 Å². The molecule has 0 amide bonds. The van der Waals surface area contributed by atoms with Crippen molar-refractivity contribution >= 4 is 17.3 Å². The third-order valence-electron chi connectivity index (χ3n) is 4.80. The number of rotatable bonds is 5. The van der Waals surface area contributed by atoms with Gasteiger partial charge in [0.1, 0.15) is 10.8 Å². The summed E-state index contributed by atoms with van der Waals surface area (Å²) in [5.41, 5.74) is -0.579. The zero-order valence-corrected chi connectivity index (χ0v) is 15.4. The van der Waals surface area contributed by atoms with Gasteiger partial charge < -0.3 is 4.74 Å². The van der Waals surface area contributed by atoms with Gasteiger partial charge in [-0.05, 0) is 36.8 Å². The number of esters is 1. The first kappa shape index (κ1) is 17.8. The van der Waals surface area contributed by atoms with E-state index in [1.165, 1.54) is 23.5 Å². The molecule has 1 aliphatic rings. The summed E-state index contributed by atoms with van der Waals surface area (Å²) in [5, 5.41) is 0.662. The van der Waals surface area contributed by atoms with E-state index < -0.39 is 23.5 Å². The second-order valence-electron chi connectivity index (χ2n) is 6.43. The second kappa shape index (κ2) is 6.85. The molecule has 0 saturated heterocycles. The number of hydrogen-bond donors (Lipinski definition) is 0. The van der Waals surface area contributed by atoms with Crippen molar-refractivity contribution < 1.29 is 18.3 Å². The number of alkyl halides is 1. The number of hydrogen-bond acceptors (Lipinski definition) is 4. The van der Waals surface area contributed by atoms with Crippen LogP contribution in [0.5, 0.6) is 0 Å². The molecule has 3 aromatic rings. The first-order chi connectivity index (χ1) is 13.1. The van der Waals surface area contributed by atoms with Crippen LogP contribution in [0.25, 0.3) is 10.6 Å². The van der Waals surface area contributed by atoms with Crippen LogP contribution in [0.15, 0.2) is 60.8 Å². The molecule has 0 spiro atoms. The van der Waals surface area contributed by atoms with Gasteiger partial charge in [0.15, 0.2) is 0 Å². The number of benzene rings is 2. The molecule has 0 N–H and O–H groups in total. The number of thiazole rings is 1. The van der Waals surface area contributed by atoms with Crippen LogP contribution < -0.4 is 0 Å². The Kier molecular flexibility index (Phi) is 4.52. The Hall–Kier alpha value is -2.60. The predicted octanol–water partition coefficient (Wildman–Crippen LogP) is 5.10. The van der Waals surface area contributed by atoms with Crippen LogP contribution in [-0.4, -0.2) is 23.2 Å². The number of nitrogens with zero attached hydrogens (tertiary/aromatic N) is 1. The lowest BCUT2D eigenvalue weighted by atomic mass is 10.1. The molecule has 1 aliphatic carbocycles. The van der Waals surface area contributed by atoms with Crippen molar-refractivity contribution in [3.8, 4) is 10.6 Å². The molecule has 1 aromatic heterocycles. The number of carbonyl (C=O) groups is 1. The molecule has 3 nitrogen and oxygen atoms in total. The van der Waals surface area contributed by atoms with Gasteiger partial charge in [-0.2, -0.15) is 0 Å². The van der Waals surface area contributed by atoms with Crippen molar-refractivity contribution in [2.24, 2.45) is 0 Å². The fourth-order valence-corrected chi connectivity index (χ4v) is 4.60. The van der Waals surface area contributed by atoms with E-state index in [4.69, 9.17) is 4.74 Å². The monoisotopic (exact) mass is 385 g/mol. The average Bonchev–Trinajstić information content (AvgIpc) is 3.06. The molecule has 6 heteroatoms. The molecule has 1 heterocycles. The zero-order valence-electron chi connectivity index (χ0n) is 14.6. The Morgan fingerprint density at radius 2 is 1.85 bits per heavy atom. The lowest BCUT2D eigenvalue weighted by molar-refractivity contribution is -0.151. The summed E-state index contributed by atoms with van der Waals surface area (Å²) in [6.45, 7) is 1.79. The van der Waals surface area contributed by atoms with E-state index in [0.717, 1.165) is 11.1 Å². The van der Waals surface area contributed by atoms with Gasteiger partial charge in [0.25, 0.3) is 0 Å². The average molecular weight is 385 g/mol. The highest BCUT2D eigenvalue weighted by Gasteiger charge is 2.74. The lowest BCUT2D eigenvalue weighted by Gasteiger charge is -2.07. The van der Waals surface area contributed by atoms with Crippen LogP contribution in [0.4, 0.5) is 8.78 Å². The predicted molar refractivity (Wildman–Crippen MR) is 99.9 cm³/mol. The minimum atomic E-state index is -2.09. The summed E-state index contributed by atoms with van der Waals surface area (Å²) in [7, 11) is 0. The molecule has 3 atom stereocenters. The molecule has 0 bridgehead atoms. The number of halogens is 2. The van der Waals surface area contributed by atoms with Crippen LogP contribution in [-0.2, 0) is 9.53 Å². The quantitative estimate of drug-likeness (QED) is 0.574. The Labute approximate surface area is 159 Å². The summed E-state index contributed by atoms with van der Waals surface area (Å²) in [6, 6.07) is 15.1. The minimum absolute atomic E-state index is 0.127. The molecule has 27 heavy (non-hydrogen) atoms. The summed E-state index contributed by atoms with van der Waals surface area (Å²) in [5.74, 6) is -2.39. The van der Waals surface area contributed by atoms with E-state index in [9.17, 15) is 9.18 Å². The van der Waals surface area contributed by atoms with Crippen LogP contribution >= 0.6 is 11.3 Å². The van der Waals surface area contributed by atoms with Crippen molar-refractivity contribution in [3.63, 3.8) is 0 Å². The Morgan fingerprint density at radius 3 is 2.52 bits per heavy atom. The van der Waals surface area contributed by atoms with Crippen molar-refractivity contribution in [2.45, 2.75) is 24.4 Å². The molecule has 0 radical (unpaired) electrons. The first-order valence-corrected chi connectivity index (χ1v) is 9.50. The molecule has 1 saturated carbocycles. The van der Waals surface area contributed by atoms with Crippen LogP contribution in [0, 0.1) is 5.82 Å². The number of carbonyl (C=O) groups excluding carboxylic acids is 1. The maximum Gasteiger partial charge on any atom is 0.345 e. The third kappa shape index (κ3) is 3.04. The van der Waals surface area contributed by atoms with Crippen molar-refractivity contribution in [1.29, 1.82) is 0 Å². The van der Waals surface area contributed by atoms with Gasteiger partial charge in [-0.25, -0.2) is 18.6 Å². The summed E-state index contributed by atoms with van der Waals surface area (Å²) >= 11 is 1.32. The summed E-state index contributed by atoms with van der Waals surface area (Å²) < 4.78 is 33.8. The van der Waals surface area contributed by atoms with Gasteiger partial charge in [-0.3, -0.25) is 0 Å². The van der Waals surface area contributed by atoms with E-state index >= 15 is 4.39 Å². The molecular weight excluding hydrogens is 368 g/mol. The second-order valence-corrected chi connectivity index (χ2v) is 7.49. The normalized spacial score (nSPS) is 23.8. The SMILES string of the molecule is CCOC(=O)[C@]1(F)[C@H](c2ccccc2)[C@H]1c1cnc(-c2ccc(F)cc2)s1. The van der Waals surface area contributed by atoms with Crippen LogP contribution in [0.3, 0.4) is 0 Å². The van der Waals surface area contributed by atoms with Gasteiger partial charge in [0, 0.05) is 22.6 Å². The van der Waals surface area contributed by atoms with Crippen LogP contribution in [0.1, 0.15) is 29.2 Å². The molecule has 4 rings (SSSR count). The van der Waals surface area contributed by atoms with E-state index in [1.54, 1.807) is 25.3 Å². The fourth-order valence-electron chi connectivity index (χ4n) is 3.48. The number of aromatic nitrogens is 1. The molecule has 2 aromatic carbocycles. The van der Waals surface area contributed by atoms with Crippen molar-refractivity contribution in [3.05, 3.63) is 77.1 Å². The highest BCUT2D eigenvalue weighted by atomic mass is 32.1. The highest BCUT2D eigenvalue weighted by Crippen LogP contribution is 2.67. The Balaban J connectivity index is 1.69. The molecule has 0 unspecified atom stereocenters. The first-order valence-electron chi connectivity index (χ1n) is 8.68. The van der Waals surface area contributed by atoms with Crippen molar-refractivity contribution in [1.82, 2.24) is 4.98 Å². The van der Waals surface area contributed by atoms with Gasteiger partial charge in [0.2, 0.25) is 5.67 Å². The molecule has 138 valence electrons. The van der Waals surface area contributed by atoms with E-state index in [0.29, 0.717) is 9.88 Å². The maximum atomic E-state index is 15.7. The van der Waals surface area contributed by atoms with E-state index in [1.807, 2.05) is 30.3 Å². The molecule has 1 fully saturated rings. The fraction of sp³-hybridized carbons (Fsp3) is 0.238. The minimum Gasteiger partial charge on any atom is -0.464 e. The zero-order chi connectivity index (χ0) is 19.0. The Morgan fingerprint density at radius 1 is 1.15 bits per heavy atom. The van der Waals surface area contributed by atoms with Gasteiger partial charge in [-0.1, -0.05) is 30.3 Å². The Bertz CT molecular complexity index is 958. The van der Waals surface area contributed by atoms with Crippen LogP contribution in [0.2, 0.25) is 0 Å². The molecular formula is C21H17F2NO2S. The standard InChI is InChI=1S/C21H17F2NO2S/c1-2-26-20(25)21(23)17(13-6-4-3-5-7-13)18(21)16-12-24-19(27-16)14-8-10-15(22)11-9-14/h3-12,17-18H,2H2,1H3/t17-,18-,21+/m1/s1. The van der Waals surface area contributed by atoms with E-state index in [2.05, 4.69) is 4.98 Å². The third-order valence-corrected chi connectivity index (χ3v) is 5.93. The van der Waals surface area contributed by atoms with Gasteiger partial charge in [-0.15, -0.1) is 11.3 Å². The smallest absolute Gasteiger partial charge is 0.345 e. The number of ether oxygens (including phenoxy) is 1. The van der Waals surface area contributed by atoms with E-state index in [-0.39, 0.29) is 12.4 Å². The highest BCUT2D eigenvalue weighted by molar-refractivity contribution is 7.15. The summed E-state index contributed by atoms with van der Waals surface area (Å²) in [4.78, 5) is 17.4. The summed E-state index contributed by atoms with van der Waals surface area (Å²) in [6.07, 6.45) is 1.60. The molecule has 0 aliphatic heterocycles. The van der Waals surface area contributed by atoms with Gasteiger partial charge >= 0.3 is 5.97 Å². The van der Waals surface area contributed by atoms with Gasteiger partial charge in [0.05, 0.1) is 12.5 Å².